The van der Waals surface area contributed by atoms with Crippen molar-refractivity contribution >= 4 is 10.8 Å². The summed E-state index contributed by atoms with van der Waals surface area (Å²) in [4.78, 5) is 0. The first kappa shape index (κ1) is 12.4. The van der Waals surface area contributed by atoms with Gasteiger partial charge >= 0.3 is 0 Å². The van der Waals surface area contributed by atoms with E-state index in [2.05, 4.69) is 47.8 Å². The molecular weight excluding hydrogens is 246 g/mol. The van der Waals surface area contributed by atoms with E-state index in [-0.39, 0.29) is 0 Å². The first-order valence-corrected chi connectivity index (χ1v) is 7.49. The number of fused-ring (bicyclic) bond motifs is 2. The molecule has 2 atom stereocenters. The molecule has 0 radical (unpaired) electrons. The van der Waals surface area contributed by atoms with Crippen LogP contribution in [0.2, 0.25) is 0 Å². The van der Waals surface area contributed by atoms with E-state index in [1.807, 2.05) is 7.11 Å². The van der Waals surface area contributed by atoms with E-state index in [0.29, 0.717) is 10.8 Å². The molecule has 1 aliphatic carbocycles. The normalized spacial score (nSPS) is 32.0. The summed E-state index contributed by atoms with van der Waals surface area (Å²) in [5.74, 6) is 0. The predicted molar refractivity (Wildman–Crippen MR) is 82.0 cm³/mol. The third kappa shape index (κ3) is 1.58. The third-order valence-electron chi connectivity index (χ3n) is 5.44. The van der Waals surface area contributed by atoms with E-state index in [1.54, 1.807) is 0 Å². The minimum absolute atomic E-state index is 0.322. The van der Waals surface area contributed by atoms with Crippen LogP contribution in [0.5, 0.6) is 0 Å². The van der Waals surface area contributed by atoms with Crippen LogP contribution in [0.1, 0.15) is 18.4 Å². The number of benzene rings is 2. The number of nitrogens with one attached hydrogen (secondary N) is 1. The molecule has 2 fully saturated rings. The Hall–Kier alpha value is -1.38. The predicted octanol–water partition coefficient (Wildman–Crippen LogP) is 3.11. The van der Waals surface area contributed by atoms with Gasteiger partial charge in [-0.05, 0) is 35.7 Å². The van der Waals surface area contributed by atoms with Gasteiger partial charge in [0, 0.05) is 24.5 Å². The van der Waals surface area contributed by atoms with Crippen molar-refractivity contribution in [1.82, 2.24) is 5.32 Å². The summed E-state index contributed by atoms with van der Waals surface area (Å²) < 4.78 is 5.52. The van der Waals surface area contributed by atoms with E-state index in [0.717, 1.165) is 19.7 Å². The fraction of sp³-hybridized carbons (Fsp3) is 0.444. The molecule has 1 N–H and O–H groups in total. The van der Waals surface area contributed by atoms with Gasteiger partial charge in [0.1, 0.15) is 0 Å². The molecule has 2 heteroatoms. The molecular formula is C18H21NO. The second kappa shape index (κ2) is 4.31. The Labute approximate surface area is 120 Å². The van der Waals surface area contributed by atoms with Crippen LogP contribution in [0.15, 0.2) is 42.5 Å². The molecule has 2 aliphatic rings. The third-order valence-corrected chi connectivity index (χ3v) is 5.44. The van der Waals surface area contributed by atoms with Gasteiger partial charge in [0.15, 0.2) is 0 Å². The zero-order valence-electron chi connectivity index (χ0n) is 12.0. The van der Waals surface area contributed by atoms with Crippen LogP contribution in [0.25, 0.3) is 10.8 Å². The maximum Gasteiger partial charge on any atom is 0.0539 e. The van der Waals surface area contributed by atoms with Crippen LogP contribution in [0, 0.1) is 5.41 Å². The van der Waals surface area contributed by atoms with Crippen LogP contribution in [0.3, 0.4) is 0 Å². The number of hydrogen-bond donors (Lipinski definition) is 1. The second-order valence-electron chi connectivity index (χ2n) is 6.46. The van der Waals surface area contributed by atoms with Gasteiger partial charge in [-0.25, -0.2) is 0 Å². The van der Waals surface area contributed by atoms with Crippen LogP contribution < -0.4 is 5.32 Å². The van der Waals surface area contributed by atoms with Gasteiger partial charge in [-0.15, -0.1) is 0 Å². The van der Waals surface area contributed by atoms with E-state index in [4.69, 9.17) is 4.74 Å². The summed E-state index contributed by atoms with van der Waals surface area (Å²) in [6.45, 7) is 3.08. The van der Waals surface area contributed by atoms with Gasteiger partial charge in [0.25, 0.3) is 0 Å². The quantitative estimate of drug-likeness (QED) is 0.922. The fourth-order valence-electron chi connectivity index (χ4n) is 4.30. The molecule has 1 aliphatic heterocycles. The molecule has 0 amide bonds. The van der Waals surface area contributed by atoms with Gasteiger partial charge in [-0.3, -0.25) is 0 Å². The molecule has 0 bridgehead atoms. The van der Waals surface area contributed by atoms with Gasteiger partial charge < -0.3 is 10.1 Å². The lowest BCUT2D eigenvalue weighted by molar-refractivity contribution is 0.116. The summed E-state index contributed by atoms with van der Waals surface area (Å²) in [5.41, 5.74) is 2.18. The Bertz CT molecular complexity index is 649. The molecule has 1 saturated carbocycles. The van der Waals surface area contributed by atoms with Crippen LogP contribution in [0.4, 0.5) is 0 Å². The number of hydrogen-bond acceptors (Lipinski definition) is 2. The summed E-state index contributed by atoms with van der Waals surface area (Å²) >= 11 is 0. The largest absolute Gasteiger partial charge is 0.384 e. The highest BCUT2D eigenvalue weighted by molar-refractivity contribution is 5.83. The average molecular weight is 267 g/mol. The average Bonchev–Trinajstić information content (AvgIpc) is 3.17. The lowest BCUT2D eigenvalue weighted by Crippen LogP contribution is -2.40. The molecule has 2 aromatic rings. The summed E-state index contributed by atoms with van der Waals surface area (Å²) in [6.07, 6.45) is 2.49. The lowest BCUT2D eigenvalue weighted by atomic mass is 9.80. The maximum absolute atomic E-state index is 5.52. The number of methoxy groups -OCH3 is 1. The van der Waals surface area contributed by atoms with Crippen molar-refractivity contribution in [3.63, 3.8) is 0 Å². The molecule has 2 nitrogen and oxygen atoms in total. The molecule has 20 heavy (non-hydrogen) atoms. The Morgan fingerprint density at radius 1 is 1.15 bits per heavy atom. The van der Waals surface area contributed by atoms with Crippen molar-refractivity contribution in [2.24, 2.45) is 5.41 Å². The maximum atomic E-state index is 5.52. The van der Waals surface area contributed by atoms with Gasteiger partial charge in [-0.2, -0.15) is 0 Å². The molecule has 1 heterocycles. The van der Waals surface area contributed by atoms with Crippen molar-refractivity contribution < 1.29 is 4.74 Å². The summed E-state index contributed by atoms with van der Waals surface area (Å²) in [5, 5.41) is 6.24. The Morgan fingerprint density at radius 2 is 2.00 bits per heavy atom. The monoisotopic (exact) mass is 267 g/mol. The van der Waals surface area contributed by atoms with Crippen molar-refractivity contribution in [1.29, 1.82) is 0 Å². The van der Waals surface area contributed by atoms with Crippen LogP contribution >= 0.6 is 0 Å². The SMILES string of the molecule is COCC12CNCCC1(c1ccc3ccccc3c1)C2. The Morgan fingerprint density at radius 3 is 2.85 bits per heavy atom. The first-order valence-electron chi connectivity index (χ1n) is 7.49. The van der Waals surface area contributed by atoms with Crippen LogP contribution in [-0.4, -0.2) is 26.8 Å². The van der Waals surface area contributed by atoms with Crippen molar-refractivity contribution in [3.05, 3.63) is 48.0 Å². The number of piperidine rings is 1. The van der Waals surface area contributed by atoms with E-state index in [1.165, 1.54) is 29.2 Å². The Kier molecular flexibility index (Phi) is 2.66. The molecule has 0 aromatic heterocycles. The van der Waals surface area contributed by atoms with Gasteiger partial charge in [-0.1, -0.05) is 42.5 Å². The first-order chi connectivity index (χ1) is 9.80. The van der Waals surface area contributed by atoms with Crippen molar-refractivity contribution in [2.45, 2.75) is 18.3 Å². The van der Waals surface area contributed by atoms with Gasteiger partial charge in [0.2, 0.25) is 0 Å². The Balaban J connectivity index is 1.78. The summed E-state index contributed by atoms with van der Waals surface area (Å²) in [7, 11) is 1.83. The molecule has 4 rings (SSSR count). The highest BCUT2D eigenvalue weighted by atomic mass is 16.5. The molecule has 2 unspecified atom stereocenters. The zero-order chi connectivity index (χ0) is 13.6. The zero-order valence-corrected chi connectivity index (χ0v) is 12.0. The minimum Gasteiger partial charge on any atom is -0.384 e. The van der Waals surface area contributed by atoms with Crippen LogP contribution in [-0.2, 0) is 10.2 Å². The van der Waals surface area contributed by atoms with Crippen molar-refractivity contribution in [3.8, 4) is 0 Å². The molecule has 2 aromatic carbocycles. The number of ether oxygens (including phenoxy) is 1. The highest BCUT2D eigenvalue weighted by Crippen LogP contribution is 2.67. The highest BCUT2D eigenvalue weighted by Gasteiger charge is 2.68. The second-order valence-corrected chi connectivity index (χ2v) is 6.46. The molecule has 1 saturated heterocycles. The van der Waals surface area contributed by atoms with Crippen molar-refractivity contribution in [2.75, 3.05) is 26.8 Å². The molecule has 0 spiro atoms. The minimum atomic E-state index is 0.322. The van der Waals surface area contributed by atoms with Gasteiger partial charge in [0.05, 0.1) is 6.61 Å². The smallest absolute Gasteiger partial charge is 0.0539 e. The van der Waals surface area contributed by atoms with E-state index >= 15 is 0 Å². The standard InChI is InChI=1S/C18H21NO/c1-20-13-17-11-18(17,8-9-19-12-17)16-7-6-14-4-2-3-5-15(14)10-16/h2-7,10,19H,8-9,11-13H2,1H3. The van der Waals surface area contributed by atoms with E-state index < -0.39 is 0 Å². The fourth-order valence-corrected chi connectivity index (χ4v) is 4.30. The lowest BCUT2D eigenvalue weighted by Gasteiger charge is -2.31. The van der Waals surface area contributed by atoms with E-state index in [9.17, 15) is 0 Å². The summed E-state index contributed by atoms with van der Waals surface area (Å²) in [6, 6.07) is 15.7. The molecule has 104 valence electrons. The topological polar surface area (TPSA) is 21.3 Å². The number of rotatable bonds is 3.